The zero-order valence-electron chi connectivity index (χ0n) is 12.2. The lowest BCUT2D eigenvalue weighted by Crippen LogP contribution is -2.08. The van der Waals surface area contributed by atoms with Crippen molar-refractivity contribution in [3.8, 4) is 5.75 Å². The lowest BCUT2D eigenvalue weighted by atomic mass is 9.95. The molecule has 1 aliphatic carbocycles. The first-order valence-corrected chi connectivity index (χ1v) is 7.17. The number of phenolic OH excluding ortho intramolecular Hbond substituents is 1. The van der Waals surface area contributed by atoms with Crippen LogP contribution in [0.15, 0.2) is 36.4 Å². The molecule has 3 rings (SSSR count). The van der Waals surface area contributed by atoms with Gasteiger partial charge in [-0.15, -0.1) is 0 Å². The molecule has 2 aromatic carbocycles. The Morgan fingerprint density at radius 2 is 1.82 bits per heavy atom. The SMILES string of the molecule is Cc1ccc(C(=O)c2cc3c(cc2O)C(C(=O)O)CC3)cc1. The van der Waals surface area contributed by atoms with Gasteiger partial charge in [-0.1, -0.05) is 29.8 Å². The Hall–Kier alpha value is -2.62. The molecule has 0 heterocycles. The molecule has 0 saturated heterocycles. The highest BCUT2D eigenvalue weighted by molar-refractivity contribution is 6.11. The van der Waals surface area contributed by atoms with E-state index in [2.05, 4.69) is 0 Å². The number of carboxylic acid groups (broad SMARTS) is 1. The lowest BCUT2D eigenvalue weighted by molar-refractivity contribution is -0.138. The summed E-state index contributed by atoms with van der Waals surface area (Å²) in [5.74, 6) is -1.89. The first-order valence-electron chi connectivity index (χ1n) is 7.17. The van der Waals surface area contributed by atoms with Crippen molar-refractivity contribution in [1.82, 2.24) is 0 Å². The number of aliphatic carboxylic acids is 1. The number of hydrogen-bond acceptors (Lipinski definition) is 3. The molecule has 2 N–H and O–H groups in total. The van der Waals surface area contributed by atoms with Crippen LogP contribution in [0.25, 0.3) is 0 Å². The van der Waals surface area contributed by atoms with Gasteiger partial charge in [0.05, 0.1) is 11.5 Å². The highest BCUT2D eigenvalue weighted by Gasteiger charge is 2.30. The van der Waals surface area contributed by atoms with Gasteiger partial charge in [-0.05, 0) is 43.0 Å². The second-order valence-electron chi connectivity index (χ2n) is 5.69. The molecule has 0 aromatic heterocycles. The molecule has 1 atom stereocenters. The standard InChI is InChI=1S/C18H16O4/c1-10-2-4-11(5-3-10)17(20)15-8-12-6-7-13(18(21)22)14(12)9-16(15)19/h2-5,8-9,13,19H,6-7H2,1H3,(H,21,22). The van der Waals surface area contributed by atoms with E-state index in [1.165, 1.54) is 6.07 Å². The van der Waals surface area contributed by atoms with Gasteiger partial charge < -0.3 is 10.2 Å². The second-order valence-corrected chi connectivity index (χ2v) is 5.69. The quantitative estimate of drug-likeness (QED) is 0.854. The number of hydrogen-bond donors (Lipinski definition) is 2. The second kappa shape index (κ2) is 5.30. The smallest absolute Gasteiger partial charge is 0.310 e. The molecule has 112 valence electrons. The van der Waals surface area contributed by atoms with Crippen molar-refractivity contribution in [2.45, 2.75) is 25.7 Å². The Kier molecular flexibility index (Phi) is 3.45. The summed E-state index contributed by atoms with van der Waals surface area (Å²) >= 11 is 0. The number of fused-ring (bicyclic) bond motifs is 1. The monoisotopic (exact) mass is 296 g/mol. The van der Waals surface area contributed by atoms with Gasteiger partial charge in [-0.25, -0.2) is 0 Å². The lowest BCUT2D eigenvalue weighted by Gasteiger charge is -2.10. The molecule has 0 fully saturated rings. The number of phenols is 1. The fourth-order valence-corrected chi connectivity index (χ4v) is 2.94. The molecule has 1 unspecified atom stereocenters. The summed E-state index contributed by atoms with van der Waals surface area (Å²) in [5, 5.41) is 19.3. The fourth-order valence-electron chi connectivity index (χ4n) is 2.94. The summed E-state index contributed by atoms with van der Waals surface area (Å²) in [6.45, 7) is 1.94. The number of benzene rings is 2. The molecule has 4 heteroatoms. The summed E-state index contributed by atoms with van der Waals surface area (Å²) in [6.07, 6.45) is 1.12. The number of rotatable bonds is 3. The summed E-state index contributed by atoms with van der Waals surface area (Å²) in [4.78, 5) is 23.7. The number of carbonyl (C=O) groups excluding carboxylic acids is 1. The predicted octanol–water partition coefficient (Wildman–Crippen LogP) is 3.05. The van der Waals surface area contributed by atoms with Crippen LogP contribution >= 0.6 is 0 Å². The van der Waals surface area contributed by atoms with Crippen LogP contribution in [0.4, 0.5) is 0 Å². The van der Waals surface area contributed by atoms with Gasteiger partial charge in [0.25, 0.3) is 0 Å². The third-order valence-electron chi connectivity index (χ3n) is 4.19. The number of aryl methyl sites for hydroxylation is 2. The van der Waals surface area contributed by atoms with E-state index < -0.39 is 11.9 Å². The summed E-state index contributed by atoms with van der Waals surface area (Å²) < 4.78 is 0. The third kappa shape index (κ3) is 2.37. The highest BCUT2D eigenvalue weighted by atomic mass is 16.4. The molecule has 0 saturated carbocycles. The maximum absolute atomic E-state index is 12.5. The van der Waals surface area contributed by atoms with Crippen molar-refractivity contribution in [2.24, 2.45) is 0 Å². The van der Waals surface area contributed by atoms with Crippen molar-refractivity contribution in [3.63, 3.8) is 0 Å². The van der Waals surface area contributed by atoms with E-state index in [4.69, 9.17) is 0 Å². The van der Waals surface area contributed by atoms with Crippen LogP contribution < -0.4 is 0 Å². The Labute approximate surface area is 128 Å². The van der Waals surface area contributed by atoms with Crippen LogP contribution in [0.5, 0.6) is 5.75 Å². The summed E-state index contributed by atoms with van der Waals surface area (Å²) in [5.41, 5.74) is 3.24. The van der Waals surface area contributed by atoms with E-state index in [1.54, 1.807) is 18.2 Å². The van der Waals surface area contributed by atoms with E-state index in [9.17, 15) is 19.8 Å². The van der Waals surface area contributed by atoms with Crippen LogP contribution in [-0.4, -0.2) is 22.0 Å². The molecule has 1 aliphatic rings. The van der Waals surface area contributed by atoms with E-state index in [-0.39, 0.29) is 17.1 Å². The van der Waals surface area contributed by atoms with Crippen molar-refractivity contribution < 1.29 is 19.8 Å². The molecule has 4 nitrogen and oxygen atoms in total. The Morgan fingerprint density at radius 3 is 2.45 bits per heavy atom. The Morgan fingerprint density at radius 1 is 1.14 bits per heavy atom. The molecule has 0 spiro atoms. The van der Waals surface area contributed by atoms with Crippen molar-refractivity contribution >= 4 is 11.8 Å². The first kappa shape index (κ1) is 14.3. The van der Waals surface area contributed by atoms with Gasteiger partial charge in [0.15, 0.2) is 5.78 Å². The number of ketones is 1. The van der Waals surface area contributed by atoms with Crippen molar-refractivity contribution in [1.29, 1.82) is 0 Å². The molecule has 0 radical (unpaired) electrons. The zero-order chi connectivity index (χ0) is 15.9. The normalized spacial score (nSPS) is 16.3. The predicted molar refractivity (Wildman–Crippen MR) is 81.4 cm³/mol. The Balaban J connectivity index is 2.01. The van der Waals surface area contributed by atoms with Gasteiger partial charge in [0.1, 0.15) is 5.75 Å². The van der Waals surface area contributed by atoms with Crippen LogP contribution in [0.1, 0.15) is 45.0 Å². The maximum Gasteiger partial charge on any atom is 0.310 e. The Bertz CT molecular complexity index is 759. The first-order chi connectivity index (χ1) is 10.5. The minimum Gasteiger partial charge on any atom is -0.507 e. The van der Waals surface area contributed by atoms with E-state index in [0.717, 1.165) is 11.1 Å². The van der Waals surface area contributed by atoms with Crippen LogP contribution in [0, 0.1) is 6.92 Å². The van der Waals surface area contributed by atoms with Gasteiger partial charge in [0.2, 0.25) is 0 Å². The number of aromatic hydroxyl groups is 1. The summed E-state index contributed by atoms with van der Waals surface area (Å²) in [7, 11) is 0. The molecule has 22 heavy (non-hydrogen) atoms. The molecular weight excluding hydrogens is 280 g/mol. The van der Waals surface area contributed by atoms with Crippen LogP contribution in [-0.2, 0) is 11.2 Å². The molecule has 0 aliphatic heterocycles. The minimum atomic E-state index is -0.893. The van der Waals surface area contributed by atoms with E-state index >= 15 is 0 Å². The molecular formula is C18H16O4. The highest BCUT2D eigenvalue weighted by Crippen LogP contribution is 2.37. The van der Waals surface area contributed by atoms with Crippen molar-refractivity contribution in [3.05, 3.63) is 64.2 Å². The average molecular weight is 296 g/mol. The fraction of sp³-hybridized carbons (Fsp3) is 0.222. The van der Waals surface area contributed by atoms with Gasteiger partial charge in [-0.3, -0.25) is 9.59 Å². The van der Waals surface area contributed by atoms with E-state index in [0.29, 0.717) is 24.0 Å². The molecule has 0 bridgehead atoms. The average Bonchev–Trinajstić information content (AvgIpc) is 2.89. The minimum absolute atomic E-state index is 0.155. The zero-order valence-corrected chi connectivity index (χ0v) is 12.2. The van der Waals surface area contributed by atoms with E-state index in [1.807, 2.05) is 19.1 Å². The number of carbonyl (C=O) groups is 2. The van der Waals surface area contributed by atoms with Crippen LogP contribution in [0.2, 0.25) is 0 Å². The largest absolute Gasteiger partial charge is 0.507 e. The third-order valence-corrected chi connectivity index (χ3v) is 4.19. The van der Waals surface area contributed by atoms with Gasteiger partial charge in [-0.2, -0.15) is 0 Å². The molecule has 2 aromatic rings. The summed E-state index contributed by atoms with van der Waals surface area (Å²) in [6, 6.07) is 10.2. The topological polar surface area (TPSA) is 74.6 Å². The van der Waals surface area contributed by atoms with Gasteiger partial charge >= 0.3 is 5.97 Å². The molecule has 0 amide bonds. The maximum atomic E-state index is 12.5. The van der Waals surface area contributed by atoms with Gasteiger partial charge in [0, 0.05) is 5.56 Å². The van der Waals surface area contributed by atoms with Crippen LogP contribution in [0.3, 0.4) is 0 Å². The van der Waals surface area contributed by atoms with Crippen molar-refractivity contribution in [2.75, 3.05) is 0 Å². The number of carboxylic acids is 1.